The third kappa shape index (κ3) is 3.82. The van der Waals surface area contributed by atoms with Crippen molar-refractivity contribution in [2.45, 2.75) is 18.8 Å². The number of halogens is 1. The highest BCUT2D eigenvalue weighted by Crippen LogP contribution is 2.42. The van der Waals surface area contributed by atoms with Gasteiger partial charge < -0.3 is 0 Å². The highest BCUT2D eigenvalue weighted by Gasteiger charge is 2.38. The minimum atomic E-state index is -0.320. The number of nitriles is 1. The highest BCUT2D eigenvalue weighted by atomic mass is 32.2. The Bertz CT molecular complexity index is 937. The maximum Gasteiger partial charge on any atom is 0.229 e. The molecule has 0 saturated carbocycles. The molecule has 0 N–H and O–H groups in total. The number of carbonyl (C=O) groups excluding carboxylic acids is 1. The summed E-state index contributed by atoms with van der Waals surface area (Å²) in [6.07, 6.45) is 1.16. The number of allylic oxidation sites excluding steroid dienone is 1. The molecule has 6 heteroatoms. The smallest absolute Gasteiger partial charge is 0.229 e. The first-order chi connectivity index (χ1) is 13.7. The van der Waals surface area contributed by atoms with Crippen molar-refractivity contribution in [3.05, 3.63) is 82.1 Å². The zero-order valence-corrected chi connectivity index (χ0v) is 16.2. The Morgan fingerprint density at radius 3 is 2.61 bits per heavy atom. The molecule has 0 spiro atoms. The van der Waals surface area contributed by atoms with Crippen LogP contribution in [0.5, 0.6) is 0 Å². The van der Waals surface area contributed by atoms with E-state index in [9.17, 15) is 14.4 Å². The fourth-order valence-electron chi connectivity index (χ4n) is 3.66. The molecule has 142 valence electrons. The zero-order valence-electron chi connectivity index (χ0n) is 15.3. The van der Waals surface area contributed by atoms with Crippen molar-refractivity contribution in [2.75, 3.05) is 19.1 Å². The number of fused-ring (bicyclic) bond motifs is 1. The molecule has 2 heterocycles. The first-order valence-corrected chi connectivity index (χ1v) is 10.2. The first-order valence-electron chi connectivity index (χ1n) is 9.25. The lowest BCUT2D eigenvalue weighted by Gasteiger charge is -2.41. The molecule has 0 radical (unpaired) electrons. The second kappa shape index (κ2) is 8.17. The molecule has 4 nitrogen and oxygen atoms in total. The van der Waals surface area contributed by atoms with Crippen LogP contribution in [-0.2, 0) is 11.2 Å². The van der Waals surface area contributed by atoms with E-state index in [1.54, 1.807) is 28.8 Å². The van der Waals surface area contributed by atoms with Gasteiger partial charge in [0.05, 0.1) is 29.2 Å². The van der Waals surface area contributed by atoms with Gasteiger partial charge in [0.1, 0.15) is 5.82 Å². The van der Waals surface area contributed by atoms with Gasteiger partial charge in [0.2, 0.25) is 5.91 Å². The van der Waals surface area contributed by atoms with E-state index in [4.69, 9.17) is 0 Å². The van der Waals surface area contributed by atoms with Crippen molar-refractivity contribution >= 4 is 17.7 Å². The van der Waals surface area contributed by atoms with E-state index in [1.165, 1.54) is 17.7 Å². The van der Waals surface area contributed by atoms with Crippen LogP contribution in [0, 0.1) is 17.1 Å². The largest absolute Gasteiger partial charge is 0.292 e. The fourth-order valence-corrected chi connectivity index (χ4v) is 4.83. The molecule has 2 aromatic carbocycles. The third-order valence-electron chi connectivity index (χ3n) is 5.18. The summed E-state index contributed by atoms with van der Waals surface area (Å²) in [5.41, 5.74) is 2.69. The Morgan fingerprint density at radius 2 is 1.89 bits per heavy atom. The Hall–Kier alpha value is -2.62. The minimum absolute atomic E-state index is 0.0141. The van der Waals surface area contributed by atoms with Crippen LogP contribution in [0.2, 0.25) is 0 Å². The maximum absolute atomic E-state index is 13.3. The number of hydrogen-bond donors (Lipinski definition) is 0. The average Bonchev–Trinajstić information content (AvgIpc) is 2.73. The lowest BCUT2D eigenvalue weighted by molar-refractivity contribution is -0.131. The molecule has 2 aliphatic heterocycles. The summed E-state index contributed by atoms with van der Waals surface area (Å²) in [4.78, 5) is 16.8. The van der Waals surface area contributed by atoms with E-state index >= 15 is 0 Å². The average molecular weight is 393 g/mol. The van der Waals surface area contributed by atoms with Crippen LogP contribution in [0.15, 0.2) is 65.2 Å². The first kappa shape index (κ1) is 18.7. The van der Waals surface area contributed by atoms with E-state index in [0.717, 1.165) is 29.4 Å². The molecule has 0 bridgehead atoms. The van der Waals surface area contributed by atoms with Gasteiger partial charge in [-0.2, -0.15) is 5.26 Å². The molecule has 0 aromatic heterocycles. The molecule has 2 aromatic rings. The molecular formula is C22H20FN3OS. The Labute approximate surface area is 168 Å². The lowest BCUT2D eigenvalue weighted by atomic mass is 9.86. The topological polar surface area (TPSA) is 47.3 Å². The van der Waals surface area contributed by atoms with Crippen LogP contribution in [0.4, 0.5) is 4.39 Å². The van der Waals surface area contributed by atoms with Gasteiger partial charge in [-0.25, -0.2) is 4.39 Å². The minimum Gasteiger partial charge on any atom is -0.292 e. The Kier molecular flexibility index (Phi) is 5.47. The van der Waals surface area contributed by atoms with Crippen LogP contribution in [0.25, 0.3) is 0 Å². The number of rotatable bonds is 4. The molecule has 0 aliphatic carbocycles. The van der Waals surface area contributed by atoms with Gasteiger partial charge in [0.15, 0.2) is 0 Å². The number of nitrogens with zero attached hydrogens (tertiary/aromatic N) is 3. The predicted molar refractivity (Wildman–Crippen MR) is 107 cm³/mol. The summed E-state index contributed by atoms with van der Waals surface area (Å²) in [7, 11) is 0. The number of amides is 1. The van der Waals surface area contributed by atoms with Crippen molar-refractivity contribution in [3.63, 3.8) is 0 Å². The van der Waals surface area contributed by atoms with Gasteiger partial charge >= 0.3 is 0 Å². The van der Waals surface area contributed by atoms with E-state index < -0.39 is 0 Å². The summed E-state index contributed by atoms with van der Waals surface area (Å²) < 4.78 is 13.3. The normalized spacial score (nSPS) is 20.1. The number of hydrogen-bond acceptors (Lipinski definition) is 4. The summed E-state index contributed by atoms with van der Waals surface area (Å²) >= 11 is 1.54. The Balaban J connectivity index is 1.51. The van der Waals surface area contributed by atoms with E-state index in [0.29, 0.717) is 12.2 Å². The van der Waals surface area contributed by atoms with Crippen molar-refractivity contribution in [1.29, 1.82) is 5.26 Å². The highest BCUT2D eigenvalue weighted by molar-refractivity contribution is 8.03. The number of carbonyl (C=O) groups is 1. The van der Waals surface area contributed by atoms with Gasteiger partial charge in [-0.15, -0.1) is 0 Å². The van der Waals surface area contributed by atoms with Crippen LogP contribution < -0.4 is 0 Å². The second-order valence-electron chi connectivity index (χ2n) is 7.01. The number of thioether (sulfide) groups is 1. The Morgan fingerprint density at radius 1 is 1.14 bits per heavy atom. The molecule has 28 heavy (non-hydrogen) atoms. The summed E-state index contributed by atoms with van der Waals surface area (Å²) in [5.74, 6) is 0.139. The van der Waals surface area contributed by atoms with Crippen molar-refractivity contribution in [1.82, 2.24) is 9.80 Å². The molecule has 4 rings (SSSR count). The summed E-state index contributed by atoms with van der Waals surface area (Å²) in [6.45, 7) is 1.37. The van der Waals surface area contributed by atoms with Gasteiger partial charge in [-0.05, 0) is 29.7 Å². The quantitative estimate of drug-likeness (QED) is 0.785. The molecule has 1 fully saturated rings. The molecule has 0 unspecified atom stereocenters. The van der Waals surface area contributed by atoms with E-state index in [2.05, 4.69) is 23.1 Å². The monoisotopic (exact) mass is 393 g/mol. The maximum atomic E-state index is 13.3. The van der Waals surface area contributed by atoms with Crippen LogP contribution in [-0.4, -0.2) is 34.8 Å². The van der Waals surface area contributed by atoms with Crippen LogP contribution >= 0.6 is 11.8 Å². The standard InChI is InChI=1S/C22H20FN3OS/c23-18-8-6-17(7-9-18)19-12-21(27)26-14-25(15-28-22(26)20(19)13-24)11-10-16-4-2-1-3-5-16/h1-9,19H,10-12,14-15H2/t19-/m0/s1. The molecule has 1 atom stereocenters. The van der Waals surface area contributed by atoms with E-state index in [1.807, 2.05) is 18.2 Å². The van der Waals surface area contributed by atoms with Gasteiger partial charge in [-0.3, -0.25) is 14.6 Å². The van der Waals surface area contributed by atoms with Crippen molar-refractivity contribution in [2.24, 2.45) is 0 Å². The van der Waals surface area contributed by atoms with Crippen molar-refractivity contribution in [3.8, 4) is 6.07 Å². The lowest BCUT2D eigenvalue weighted by Crippen LogP contribution is -2.47. The summed E-state index contributed by atoms with van der Waals surface area (Å²) in [5, 5.41) is 10.5. The van der Waals surface area contributed by atoms with Gasteiger partial charge in [-0.1, -0.05) is 54.2 Å². The van der Waals surface area contributed by atoms with Gasteiger partial charge in [0.25, 0.3) is 0 Å². The molecule has 2 aliphatic rings. The number of benzene rings is 2. The molecular weight excluding hydrogens is 373 g/mol. The predicted octanol–water partition coefficient (Wildman–Crippen LogP) is 4.08. The van der Waals surface area contributed by atoms with Crippen LogP contribution in [0.3, 0.4) is 0 Å². The molecule has 1 amide bonds. The van der Waals surface area contributed by atoms with Crippen molar-refractivity contribution < 1.29 is 9.18 Å². The SMILES string of the molecule is N#CC1=C2SCN(CCc3ccccc3)CN2C(=O)C[C@H]1c1ccc(F)cc1. The molecule has 1 saturated heterocycles. The second-order valence-corrected chi connectivity index (χ2v) is 7.94. The zero-order chi connectivity index (χ0) is 19.5. The summed E-state index contributed by atoms with van der Waals surface area (Å²) in [6, 6.07) is 18.7. The third-order valence-corrected chi connectivity index (χ3v) is 6.39. The van der Waals surface area contributed by atoms with Crippen LogP contribution in [0.1, 0.15) is 23.5 Å². The fraction of sp³-hybridized carbons (Fsp3) is 0.273. The van der Waals surface area contributed by atoms with E-state index in [-0.39, 0.29) is 24.1 Å². The van der Waals surface area contributed by atoms with Gasteiger partial charge in [0, 0.05) is 18.9 Å².